The van der Waals surface area contributed by atoms with E-state index in [2.05, 4.69) is 29.6 Å². The van der Waals surface area contributed by atoms with Gasteiger partial charge >= 0.3 is 12.1 Å². The van der Waals surface area contributed by atoms with Gasteiger partial charge in [0, 0.05) is 19.0 Å². The Morgan fingerprint density at radius 1 is 1.06 bits per heavy atom. The number of benzene rings is 2. The van der Waals surface area contributed by atoms with Gasteiger partial charge in [-0.05, 0) is 48.4 Å². The maximum atomic E-state index is 12.8. The molecule has 7 heteroatoms. The molecule has 2 N–H and O–H groups in total. The van der Waals surface area contributed by atoms with E-state index in [1.165, 1.54) is 0 Å². The molecule has 0 aromatic heterocycles. The summed E-state index contributed by atoms with van der Waals surface area (Å²) in [5.41, 5.74) is 3.80. The molecule has 174 valence electrons. The lowest BCUT2D eigenvalue weighted by molar-refractivity contribution is -0.154. The minimum atomic E-state index is -0.804. The molecule has 2 amide bonds. The first-order valence-electron chi connectivity index (χ1n) is 11.5. The third kappa shape index (κ3) is 4.32. The number of carboxylic acid groups (broad SMARTS) is 1. The van der Waals surface area contributed by atoms with E-state index < -0.39 is 23.5 Å². The Morgan fingerprint density at radius 3 is 2.12 bits per heavy atom. The maximum absolute atomic E-state index is 12.8. The summed E-state index contributed by atoms with van der Waals surface area (Å²) in [5.74, 6) is -1.07. The largest absolute Gasteiger partial charge is 0.481 e. The Bertz CT molecular complexity index is 1010. The van der Waals surface area contributed by atoms with Gasteiger partial charge < -0.3 is 20.1 Å². The van der Waals surface area contributed by atoms with Gasteiger partial charge in [0.05, 0.1) is 5.41 Å². The number of carbonyl (C=O) groups is 3. The summed E-state index contributed by atoms with van der Waals surface area (Å²) in [6, 6.07) is 15.5. The van der Waals surface area contributed by atoms with E-state index in [0.29, 0.717) is 32.4 Å². The highest BCUT2D eigenvalue weighted by Crippen LogP contribution is 2.44. The zero-order valence-electron chi connectivity index (χ0n) is 19.0. The van der Waals surface area contributed by atoms with Crippen LogP contribution >= 0.6 is 0 Å². The molecule has 1 fully saturated rings. The number of nitrogens with zero attached hydrogens (tertiary/aromatic N) is 1. The van der Waals surface area contributed by atoms with Crippen molar-refractivity contribution in [3.63, 3.8) is 0 Å². The molecule has 33 heavy (non-hydrogen) atoms. The van der Waals surface area contributed by atoms with Crippen LogP contribution in [0.1, 0.15) is 50.2 Å². The fourth-order valence-electron chi connectivity index (χ4n) is 5.03. The fourth-order valence-corrected chi connectivity index (χ4v) is 5.03. The molecule has 1 heterocycles. The second-order valence-corrected chi connectivity index (χ2v) is 8.96. The van der Waals surface area contributed by atoms with Crippen LogP contribution in [0.5, 0.6) is 0 Å². The van der Waals surface area contributed by atoms with E-state index in [9.17, 15) is 19.5 Å². The lowest BCUT2D eigenvalue weighted by Crippen LogP contribution is -2.52. The fraction of sp³-hybridized carbons (Fsp3) is 0.423. The summed E-state index contributed by atoms with van der Waals surface area (Å²) in [6.45, 7) is 4.42. The quantitative estimate of drug-likeness (QED) is 0.693. The summed E-state index contributed by atoms with van der Waals surface area (Å²) in [7, 11) is 0. The first-order valence-corrected chi connectivity index (χ1v) is 11.5. The van der Waals surface area contributed by atoms with Crippen LogP contribution in [0.3, 0.4) is 0 Å². The number of aliphatic carboxylic acids is 1. The number of piperidine rings is 1. The summed E-state index contributed by atoms with van der Waals surface area (Å²) in [4.78, 5) is 38.5. The van der Waals surface area contributed by atoms with Crippen LogP contribution in [0, 0.1) is 5.41 Å². The van der Waals surface area contributed by atoms with Gasteiger partial charge in [0.1, 0.15) is 12.6 Å². The molecular formula is C26H30N2O5. The highest BCUT2D eigenvalue weighted by Gasteiger charge is 2.41. The Morgan fingerprint density at radius 2 is 1.61 bits per heavy atom. The highest BCUT2D eigenvalue weighted by atomic mass is 16.5. The van der Waals surface area contributed by atoms with E-state index in [-0.39, 0.29) is 18.4 Å². The second kappa shape index (κ2) is 9.25. The van der Waals surface area contributed by atoms with E-state index in [1.807, 2.05) is 31.2 Å². The second-order valence-electron chi connectivity index (χ2n) is 8.96. The number of fused-ring (bicyclic) bond motifs is 3. The van der Waals surface area contributed by atoms with E-state index in [4.69, 9.17) is 4.74 Å². The molecule has 4 rings (SSSR count). The SMILES string of the molecule is CCC1(C(=O)O)CCN(C(=O)[C@@H](C)NC(=O)OCC2c3ccccc3-c3ccccc32)CC1. The number of ether oxygens (including phenoxy) is 1. The number of hydrogen-bond donors (Lipinski definition) is 2. The number of amides is 2. The van der Waals surface area contributed by atoms with Crippen LogP contribution < -0.4 is 5.32 Å². The predicted molar refractivity (Wildman–Crippen MR) is 124 cm³/mol. The van der Waals surface area contributed by atoms with Gasteiger partial charge in [-0.3, -0.25) is 9.59 Å². The lowest BCUT2D eigenvalue weighted by atomic mass is 9.76. The average Bonchev–Trinajstić information content (AvgIpc) is 3.16. The molecular weight excluding hydrogens is 420 g/mol. The smallest absolute Gasteiger partial charge is 0.407 e. The Labute approximate surface area is 193 Å². The van der Waals surface area contributed by atoms with Crippen LogP contribution in [0.4, 0.5) is 4.79 Å². The molecule has 7 nitrogen and oxygen atoms in total. The number of likely N-dealkylation sites (tertiary alicyclic amines) is 1. The molecule has 0 spiro atoms. The molecule has 2 aliphatic rings. The molecule has 1 aliphatic carbocycles. The van der Waals surface area contributed by atoms with Gasteiger partial charge in [0.2, 0.25) is 5.91 Å². The monoisotopic (exact) mass is 450 g/mol. The highest BCUT2D eigenvalue weighted by molar-refractivity contribution is 5.86. The van der Waals surface area contributed by atoms with Crippen LogP contribution in [-0.4, -0.2) is 53.7 Å². The third-order valence-corrected chi connectivity index (χ3v) is 7.21. The zero-order chi connectivity index (χ0) is 23.6. The van der Waals surface area contributed by atoms with Crippen LogP contribution in [0.2, 0.25) is 0 Å². The van der Waals surface area contributed by atoms with E-state index in [0.717, 1.165) is 22.3 Å². The molecule has 2 aromatic carbocycles. The van der Waals surface area contributed by atoms with Crippen LogP contribution in [0.15, 0.2) is 48.5 Å². The van der Waals surface area contributed by atoms with Gasteiger partial charge in [-0.2, -0.15) is 0 Å². The van der Waals surface area contributed by atoms with Gasteiger partial charge in [-0.1, -0.05) is 55.5 Å². The van der Waals surface area contributed by atoms with Crippen molar-refractivity contribution in [1.29, 1.82) is 0 Å². The summed E-state index contributed by atoms with van der Waals surface area (Å²) in [5, 5.41) is 12.2. The molecule has 2 aromatic rings. The Hall–Kier alpha value is -3.35. The zero-order valence-corrected chi connectivity index (χ0v) is 19.0. The Kier molecular flexibility index (Phi) is 6.40. The number of carboxylic acids is 1. The van der Waals surface area contributed by atoms with Crippen molar-refractivity contribution in [2.24, 2.45) is 5.41 Å². The minimum Gasteiger partial charge on any atom is -0.481 e. The molecule has 1 atom stereocenters. The number of alkyl carbamates (subject to hydrolysis) is 1. The van der Waals surface area contributed by atoms with Gasteiger partial charge in [-0.15, -0.1) is 0 Å². The van der Waals surface area contributed by atoms with Crippen molar-refractivity contribution >= 4 is 18.0 Å². The van der Waals surface area contributed by atoms with Crippen molar-refractivity contribution in [3.8, 4) is 11.1 Å². The molecule has 0 bridgehead atoms. The maximum Gasteiger partial charge on any atom is 0.407 e. The van der Waals surface area contributed by atoms with E-state index >= 15 is 0 Å². The van der Waals surface area contributed by atoms with Crippen LogP contribution in [0.25, 0.3) is 11.1 Å². The standard InChI is InChI=1S/C26H30N2O5/c1-3-26(24(30)31)12-14-28(15-13-26)23(29)17(2)27-25(32)33-16-22-20-10-6-4-8-18(20)19-9-5-7-11-21(19)22/h4-11,17,22H,3,12-16H2,1-2H3,(H,27,32)(H,30,31)/t17-/m1/s1. The third-order valence-electron chi connectivity index (χ3n) is 7.21. The van der Waals surface area contributed by atoms with Crippen molar-refractivity contribution in [2.75, 3.05) is 19.7 Å². The summed E-state index contributed by atoms with van der Waals surface area (Å²) >= 11 is 0. The average molecular weight is 451 g/mol. The molecule has 0 saturated carbocycles. The summed E-state index contributed by atoms with van der Waals surface area (Å²) < 4.78 is 5.53. The number of rotatable bonds is 6. The van der Waals surface area contributed by atoms with Gasteiger partial charge in [0.25, 0.3) is 0 Å². The molecule has 0 radical (unpaired) electrons. The van der Waals surface area contributed by atoms with Gasteiger partial charge in [0.15, 0.2) is 0 Å². The molecule has 0 unspecified atom stereocenters. The lowest BCUT2D eigenvalue weighted by Gasteiger charge is -2.39. The first kappa shape index (κ1) is 22.8. The first-order chi connectivity index (χ1) is 15.9. The Balaban J connectivity index is 1.33. The minimum absolute atomic E-state index is 0.0468. The van der Waals surface area contributed by atoms with Crippen LogP contribution in [-0.2, 0) is 14.3 Å². The van der Waals surface area contributed by atoms with Crippen molar-refractivity contribution in [1.82, 2.24) is 10.2 Å². The van der Waals surface area contributed by atoms with E-state index in [1.54, 1.807) is 11.8 Å². The van der Waals surface area contributed by atoms with Gasteiger partial charge in [-0.25, -0.2) is 4.79 Å². The number of nitrogens with one attached hydrogen (secondary N) is 1. The van der Waals surface area contributed by atoms with Crippen molar-refractivity contribution in [2.45, 2.75) is 45.1 Å². The topological polar surface area (TPSA) is 95.9 Å². The number of hydrogen-bond acceptors (Lipinski definition) is 4. The number of carbonyl (C=O) groups excluding carboxylic acids is 2. The summed E-state index contributed by atoms with van der Waals surface area (Å²) in [6.07, 6.45) is 0.741. The van der Waals surface area contributed by atoms with Crippen molar-refractivity contribution in [3.05, 3.63) is 59.7 Å². The van der Waals surface area contributed by atoms with Crippen molar-refractivity contribution < 1.29 is 24.2 Å². The predicted octanol–water partition coefficient (Wildman–Crippen LogP) is 4.02. The normalized spacial score (nSPS) is 17.6. The molecule has 1 saturated heterocycles. The molecule has 1 aliphatic heterocycles.